The van der Waals surface area contributed by atoms with E-state index in [1.165, 1.54) is 6.42 Å². The van der Waals surface area contributed by atoms with Crippen molar-refractivity contribution >= 4 is 19.8 Å². The Labute approximate surface area is 260 Å². The number of carbonyl (C=O) groups excluding carboxylic acids is 2. The van der Waals surface area contributed by atoms with Gasteiger partial charge in [-0.25, -0.2) is 4.57 Å². The summed E-state index contributed by atoms with van der Waals surface area (Å²) >= 11 is 0. The summed E-state index contributed by atoms with van der Waals surface area (Å²) in [6.45, 7) is 5.14. The Hall–Kier alpha value is -2.25. The monoisotopic (exact) mass is 624 g/mol. The molecule has 0 aromatic carbocycles. The van der Waals surface area contributed by atoms with Crippen LogP contribution in [0.4, 0.5) is 0 Å². The molecule has 43 heavy (non-hydrogen) atoms. The van der Waals surface area contributed by atoms with Crippen LogP contribution in [0.3, 0.4) is 0 Å². The summed E-state index contributed by atoms with van der Waals surface area (Å²) < 4.78 is 32.2. The van der Waals surface area contributed by atoms with Gasteiger partial charge in [0, 0.05) is 12.8 Å². The number of hydrogen-bond acceptors (Lipinski definition) is 7. The quantitative estimate of drug-likeness (QED) is 0.0397. The topological polar surface area (TPSA) is 108 Å². The van der Waals surface area contributed by atoms with Crippen LogP contribution in [0, 0.1) is 0 Å². The lowest BCUT2D eigenvalue weighted by Gasteiger charge is -2.19. The number of unbranched alkanes of at least 4 members (excludes halogenated alkanes) is 6. The minimum Gasteiger partial charge on any atom is -0.462 e. The summed E-state index contributed by atoms with van der Waals surface area (Å²) in [6, 6.07) is 0. The smallest absolute Gasteiger partial charge is 0.462 e. The highest BCUT2D eigenvalue weighted by molar-refractivity contribution is 7.47. The molecule has 246 valence electrons. The van der Waals surface area contributed by atoms with Crippen molar-refractivity contribution in [3.8, 4) is 0 Å². The van der Waals surface area contributed by atoms with Gasteiger partial charge in [-0.1, -0.05) is 100 Å². The Kier molecular flexibility index (Phi) is 28.2. The molecule has 9 heteroatoms. The van der Waals surface area contributed by atoms with Gasteiger partial charge in [-0.05, 0) is 64.7 Å². The molecular weight excluding hydrogens is 567 g/mol. The summed E-state index contributed by atoms with van der Waals surface area (Å²) in [7, 11) is -4.29. The number of carbonyl (C=O) groups is 2. The second-order valence-corrected chi connectivity index (χ2v) is 11.5. The van der Waals surface area contributed by atoms with Crippen LogP contribution >= 0.6 is 7.82 Å². The summed E-state index contributed by atoms with van der Waals surface area (Å²) in [6.07, 6.45) is 33.0. The fourth-order valence-electron chi connectivity index (χ4n) is 3.76. The summed E-state index contributed by atoms with van der Waals surface area (Å²) in [4.78, 5) is 34.3. The van der Waals surface area contributed by atoms with Crippen LogP contribution in [0.5, 0.6) is 0 Å². The number of esters is 2. The Morgan fingerprint density at radius 1 is 0.651 bits per heavy atom. The van der Waals surface area contributed by atoms with Crippen LogP contribution in [0.15, 0.2) is 60.8 Å². The normalized spacial score (nSPS) is 14.4. The van der Waals surface area contributed by atoms with Gasteiger partial charge in [-0.3, -0.25) is 18.6 Å². The van der Waals surface area contributed by atoms with Crippen LogP contribution in [-0.4, -0.2) is 42.8 Å². The van der Waals surface area contributed by atoms with Gasteiger partial charge in [0.2, 0.25) is 0 Å². The van der Waals surface area contributed by atoms with Crippen molar-refractivity contribution in [1.29, 1.82) is 0 Å². The molecule has 0 rings (SSSR count). The van der Waals surface area contributed by atoms with Gasteiger partial charge in [0.15, 0.2) is 6.10 Å². The zero-order valence-corrected chi connectivity index (χ0v) is 27.7. The summed E-state index contributed by atoms with van der Waals surface area (Å²) in [5.74, 6) is -0.916. The van der Waals surface area contributed by atoms with E-state index in [-0.39, 0.29) is 26.1 Å². The molecule has 0 heterocycles. The lowest BCUT2D eigenvalue weighted by molar-refractivity contribution is -0.161. The van der Waals surface area contributed by atoms with E-state index >= 15 is 0 Å². The molecule has 2 atom stereocenters. The molecule has 0 aliphatic carbocycles. The molecule has 0 aromatic rings. The first-order valence-electron chi connectivity index (χ1n) is 16.1. The van der Waals surface area contributed by atoms with Crippen molar-refractivity contribution < 1.29 is 37.6 Å². The molecule has 0 saturated carbocycles. The lowest BCUT2D eigenvalue weighted by atomic mass is 10.1. The van der Waals surface area contributed by atoms with Crippen molar-refractivity contribution in [1.82, 2.24) is 0 Å². The third-order valence-electron chi connectivity index (χ3n) is 6.05. The van der Waals surface area contributed by atoms with Gasteiger partial charge in [0.25, 0.3) is 0 Å². The van der Waals surface area contributed by atoms with Gasteiger partial charge in [-0.2, -0.15) is 0 Å². The zero-order chi connectivity index (χ0) is 31.9. The largest absolute Gasteiger partial charge is 0.472 e. The first-order valence-corrected chi connectivity index (χ1v) is 17.6. The maximum Gasteiger partial charge on any atom is 0.472 e. The molecule has 1 N–H and O–H groups in total. The maximum absolute atomic E-state index is 12.4. The van der Waals surface area contributed by atoms with Gasteiger partial charge in [0.05, 0.1) is 13.2 Å². The van der Waals surface area contributed by atoms with Gasteiger partial charge >= 0.3 is 19.8 Å². The highest BCUT2D eigenvalue weighted by Gasteiger charge is 2.25. The highest BCUT2D eigenvalue weighted by atomic mass is 31.2. The summed E-state index contributed by atoms with van der Waals surface area (Å²) in [5.41, 5.74) is 0. The predicted octanol–water partition coefficient (Wildman–Crippen LogP) is 9.27. The van der Waals surface area contributed by atoms with Gasteiger partial charge < -0.3 is 14.4 Å². The number of rotatable bonds is 28. The average Bonchev–Trinajstić information content (AvgIpc) is 2.97. The van der Waals surface area contributed by atoms with Crippen LogP contribution in [0.1, 0.15) is 117 Å². The van der Waals surface area contributed by atoms with Crippen LogP contribution < -0.4 is 0 Å². The average molecular weight is 625 g/mol. The molecule has 0 aliphatic heterocycles. The first-order chi connectivity index (χ1) is 20.8. The number of hydrogen-bond donors (Lipinski definition) is 1. The van der Waals surface area contributed by atoms with Crippen LogP contribution in [0.2, 0.25) is 0 Å². The SMILES string of the molecule is CC/C=C\C/C=C\C/C=C\C/C=C\CCC(=O)OC(COC(=O)CCCCCCC/C=C\CCC)COP(=O)(O)OCC. The van der Waals surface area contributed by atoms with Gasteiger partial charge in [0.1, 0.15) is 6.61 Å². The molecule has 0 spiro atoms. The number of ether oxygens (including phenoxy) is 2. The fraction of sp³-hybridized carbons (Fsp3) is 0.647. The van der Waals surface area contributed by atoms with E-state index < -0.39 is 32.5 Å². The van der Waals surface area contributed by atoms with Crippen molar-refractivity contribution in [2.75, 3.05) is 19.8 Å². The van der Waals surface area contributed by atoms with E-state index in [0.29, 0.717) is 6.42 Å². The van der Waals surface area contributed by atoms with Crippen molar-refractivity contribution in [3.05, 3.63) is 60.8 Å². The standard InChI is InChI=1S/C34H57O8P/c1-4-7-9-11-13-15-17-18-19-21-23-25-27-29-34(36)42-32(31-41-43(37,38)40-6-3)30-39-33(35)28-26-24-22-20-16-14-12-10-8-5-2/h7,9-10,12-13,15,18-19,23,25,32H,4-6,8,11,14,16-17,20-22,24,26-31H2,1-3H3,(H,37,38)/b9-7-,12-10-,15-13-,19-18-,25-23-. The highest BCUT2D eigenvalue weighted by Crippen LogP contribution is 2.43. The zero-order valence-electron chi connectivity index (χ0n) is 26.8. The fourth-order valence-corrected chi connectivity index (χ4v) is 4.52. The van der Waals surface area contributed by atoms with E-state index in [1.54, 1.807) is 6.92 Å². The van der Waals surface area contributed by atoms with E-state index in [2.05, 4.69) is 62.5 Å². The number of phosphoric ester groups is 1. The van der Waals surface area contributed by atoms with E-state index in [9.17, 15) is 19.0 Å². The Bertz CT molecular complexity index is 891. The minimum atomic E-state index is -4.29. The Morgan fingerprint density at radius 3 is 1.88 bits per heavy atom. The van der Waals surface area contributed by atoms with Crippen molar-refractivity contribution in [3.63, 3.8) is 0 Å². The minimum absolute atomic E-state index is 0.0162. The molecule has 0 aliphatic rings. The third kappa shape index (κ3) is 29.6. The van der Waals surface area contributed by atoms with Crippen LogP contribution in [0.25, 0.3) is 0 Å². The van der Waals surface area contributed by atoms with Crippen molar-refractivity contribution in [2.24, 2.45) is 0 Å². The van der Waals surface area contributed by atoms with Crippen molar-refractivity contribution in [2.45, 2.75) is 123 Å². The number of allylic oxidation sites excluding steroid dienone is 10. The molecule has 8 nitrogen and oxygen atoms in total. The molecule has 2 unspecified atom stereocenters. The first kappa shape index (κ1) is 40.8. The second-order valence-electron chi connectivity index (χ2n) is 10.1. The van der Waals surface area contributed by atoms with E-state index in [1.807, 2.05) is 12.2 Å². The lowest BCUT2D eigenvalue weighted by Crippen LogP contribution is -2.29. The van der Waals surface area contributed by atoms with Crippen LogP contribution in [-0.2, 0) is 32.7 Å². The molecular formula is C34H57O8P. The molecule has 0 bridgehead atoms. The molecule has 0 fully saturated rings. The van der Waals surface area contributed by atoms with E-state index in [0.717, 1.165) is 70.6 Å². The Morgan fingerprint density at radius 2 is 1.23 bits per heavy atom. The second kappa shape index (κ2) is 29.8. The summed E-state index contributed by atoms with van der Waals surface area (Å²) in [5, 5.41) is 0. The molecule has 0 aromatic heterocycles. The third-order valence-corrected chi connectivity index (χ3v) is 7.11. The van der Waals surface area contributed by atoms with E-state index in [4.69, 9.17) is 18.5 Å². The maximum atomic E-state index is 12.4. The van der Waals surface area contributed by atoms with Gasteiger partial charge in [-0.15, -0.1) is 0 Å². The molecule has 0 amide bonds. The number of phosphoric acid groups is 1. The molecule has 0 saturated heterocycles. The predicted molar refractivity (Wildman–Crippen MR) is 175 cm³/mol. The Balaban J connectivity index is 4.40. The molecule has 0 radical (unpaired) electrons.